The van der Waals surface area contributed by atoms with E-state index >= 15 is 0 Å². The molecular formula is C12H15F2N3. The van der Waals surface area contributed by atoms with Crippen molar-refractivity contribution in [3.05, 3.63) is 23.9 Å². The first kappa shape index (κ1) is 10.9. The molecule has 2 aliphatic rings. The van der Waals surface area contributed by atoms with Gasteiger partial charge in [0.25, 0.3) is 5.92 Å². The lowest BCUT2D eigenvalue weighted by Crippen LogP contribution is -2.27. The van der Waals surface area contributed by atoms with E-state index in [-0.39, 0.29) is 6.42 Å². The van der Waals surface area contributed by atoms with Gasteiger partial charge in [0.05, 0.1) is 0 Å². The Kier molecular flexibility index (Phi) is 2.17. The molecule has 5 heteroatoms. The second-order valence-electron chi connectivity index (χ2n) is 4.95. The van der Waals surface area contributed by atoms with E-state index in [0.29, 0.717) is 5.56 Å². The number of rotatable bonds is 2. The van der Waals surface area contributed by atoms with Crippen LogP contribution in [-0.2, 0) is 5.54 Å². The van der Waals surface area contributed by atoms with Gasteiger partial charge in [0.1, 0.15) is 11.4 Å². The van der Waals surface area contributed by atoms with Crippen LogP contribution >= 0.6 is 0 Å². The van der Waals surface area contributed by atoms with Gasteiger partial charge in [-0.05, 0) is 24.5 Å². The predicted molar refractivity (Wildman–Crippen MR) is 61.1 cm³/mol. The third-order valence-corrected chi connectivity index (χ3v) is 3.72. The Balaban J connectivity index is 1.81. The summed E-state index contributed by atoms with van der Waals surface area (Å²) >= 11 is 0. The van der Waals surface area contributed by atoms with Gasteiger partial charge in [0.15, 0.2) is 0 Å². The minimum absolute atomic E-state index is 0.273. The molecule has 1 aliphatic carbocycles. The highest BCUT2D eigenvalue weighted by Crippen LogP contribution is 2.57. The number of hydrogen-bond acceptors (Lipinski definition) is 3. The zero-order valence-electron chi connectivity index (χ0n) is 9.50. The van der Waals surface area contributed by atoms with Crippen molar-refractivity contribution in [1.29, 1.82) is 0 Å². The number of pyridine rings is 1. The first-order valence-corrected chi connectivity index (χ1v) is 5.91. The molecular weight excluding hydrogens is 224 g/mol. The number of halogens is 2. The van der Waals surface area contributed by atoms with Crippen molar-refractivity contribution in [2.24, 2.45) is 5.73 Å². The van der Waals surface area contributed by atoms with Gasteiger partial charge < -0.3 is 10.6 Å². The summed E-state index contributed by atoms with van der Waals surface area (Å²) in [6.07, 6.45) is 3.56. The molecule has 1 saturated heterocycles. The predicted octanol–water partition coefficient (Wildman–Crippen LogP) is 1.87. The number of nitrogens with two attached hydrogens (primary N) is 1. The van der Waals surface area contributed by atoms with Crippen LogP contribution in [0, 0.1) is 0 Å². The van der Waals surface area contributed by atoms with Crippen LogP contribution in [0.2, 0.25) is 0 Å². The molecule has 0 amide bonds. The van der Waals surface area contributed by atoms with Gasteiger partial charge >= 0.3 is 0 Å². The molecule has 1 unspecified atom stereocenters. The van der Waals surface area contributed by atoms with E-state index in [0.717, 1.165) is 18.9 Å². The zero-order chi connectivity index (χ0) is 12.1. The molecule has 2 N–H and O–H groups in total. The highest BCUT2D eigenvalue weighted by molar-refractivity contribution is 5.44. The lowest BCUT2D eigenvalue weighted by atomic mass is 10.1. The van der Waals surface area contributed by atoms with Crippen molar-refractivity contribution in [3.8, 4) is 0 Å². The number of alkyl halides is 2. The summed E-state index contributed by atoms with van der Waals surface area (Å²) < 4.78 is 26.2. The molecule has 3 nitrogen and oxygen atoms in total. The fourth-order valence-corrected chi connectivity index (χ4v) is 2.40. The van der Waals surface area contributed by atoms with Crippen LogP contribution in [0.5, 0.6) is 0 Å². The van der Waals surface area contributed by atoms with Crippen molar-refractivity contribution in [2.45, 2.75) is 30.7 Å². The molecule has 0 aromatic carbocycles. The summed E-state index contributed by atoms with van der Waals surface area (Å²) in [7, 11) is 0. The van der Waals surface area contributed by atoms with E-state index in [1.54, 1.807) is 12.1 Å². The molecule has 1 atom stereocenters. The Labute approximate surface area is 98.6 Å². The SMILES string of the molecule is NC1(c2ccc(N3CCCC3)nc2)CC1(F)F. The van der Waals surface area contributed by atoms with Gasteiger partial charge in [-0.3, -0.25) is 0 Å². The largest absolute Gasteiger partial charge is 0.357 e. The van der Waals surface area contributed by atoms with Gasteiger partial charge in [-0.25, -0.2) is 13.8 Å². The molecule has 1 aliphatic heterocycles. The van der Waals surface area contributed by atoms with Crippen LogP contribution < -0.4 is 10.6 Å². The summed E-state index contributed by atoms with van der Waals surface area (Å²) in [5.41, 5.74) is 4.60. The molecule has 1 aromatic heterocycles. The Morgan fingerprint density at radius 2 is 1.88 bits per heavy atom. The van der Waals surface area contributed by atoms with E-state index < -0.39 is 11.5 Å². The van der Waals surface area contributed by atoms with Gasteiger partial charge in [-0.2, -0.15) is 0 Å². The molecule has 0 bridgehead atoms. The van der Waals surface area contributed by atoms with E-state index in [2.05, 4.69) is 9.88 Å². The van der Waals surface area contributed by atoms with Crippen molar-refractivity contribution < 1.29 is 8.78 Å². The van der Waals surface area contributed by atoms with Crippen LogP contribution in [0.15, 0.2) is 18.3 Å². The maximum Gasteiger partial charge on any atom is 0.272 e. The van der Waals surface area contributed by atoms with Crippen LogP contribution in [0.3, 0.4) is 0 Å². The van der Waals surface area contributed by atoms with Gasteiger partial charge in [-0.1, -0.05) is 6.07 Å². The number of hydrogen-bond donors (Lipinski definition) is 1. The lowest BCUT2D eigenvalue weighted by molar-refractivity contribution is 0.0890. The molecule has 0 radical (unpaired) electrons. The quantitative estimate of drug-likeness (QED) is 0.856. The minimum Gasteiger partial charge on any atom is -0.357 e. The van der Waals surface area contributed by atoms with Gasteiger partial charge in [-0.15, -0.1) is 0 Å². The fourth-order valence-electron chi connectivity index (χ4n) is 2.40. The number of nitrogens with zero attached hydrogens (tertiary/aromatic N) is 2. The van der Waals surface area contributed by atoms with Crippen LogP contribution in [0.4, 0.5) is 14.6 Å². The third kappa shape index (κ3) is 1.60. The highest BCUT2D eigenvalue weighted by atomic mass is 19.3. The Morgan fingerprint density at radius 3 is 2.35 bits per heavy atom. The molecule has 1 saturated carbocycles. The van der Waals surface area contributed by atoms with Crippen molar-refractivity contribution in [2.75, 3.05) is 18.0 Å². The molecule has 17 heavy (non-hydrogen) atoms. The summed E-state index contributed by atoms with van der Waals surface area (Å²) in [4.78, 5) is 6.41. The van der Waals surface area contributed by atoms with Crippen LogP contribution in [0.25, 0.3) is 0 Å². The maximum atomic E-state index is 13.1. The molecule has 2 fully saturated rings. The lowest BCUT2D eigenvalue weighted by Gasteiger charge is -2.17. The van der Waals surface area contributed by atoms with E-state index in [1.165, 1.54) is 19.0 Å². The van der Waals surface area contributed by atoms with Gasteiger partial charge in [0.2, 0.25) is 0 Å². The van der Waals surface area contributed by atoms with Crippen molar-refractivity contribution >= 4 is 5.82 Å². The second-order valence-corrected chi connectivity index (χ2v) is 4.95. The zero-order valence-corrected chi connectivity index (χ0v) is 9.50. The molecule has 1 aromatic rings. The van der Waals surface area contributed by atoms with Crippen LogP contribution in [0.1, 0.15) is 24.8 Å². The monoisotopic (exact) mass is 239 g/mol. The van der Waals surface area contributed by atoms with Gasteiger partial charge in [0, 0.05) is 25.7 Å². The van der Waals surface area contributed by atoms with Crippen LogP contribution in [-0.4, -0.2) is 24.0 Å². The van der Waals surface area contributed by atoms with E-state index in [1.807, 2.05) is 0 Å². The summed E-state index contributed by atoms with van der Waals surface area (Å²) in [6, 6.07) is 3.48. The normalized spacial score (nSPS) is 30.6. The fraction of sp³-hybridized carbons (Fsp3) is 0.583. The minimum atomic E-state index is -2.77. The topological polar surface area (TPSA) is 42.1 Å². The van der Waals surface area contributed by atoms with E-state index in [4.69, 9.17) is 5.73 Å². The smallest absolute Gasteiger partial charge is 0.272 e. The molecule has 0 spiro atoms. The average molecular weight is 239 g/mol. The Bertz CT molecular complexity index is 426. The second kappa shape index (κ2) is 3.38. The van der Waals surface area contributed by atoms with E-state index in [9.17, 15) is 8.78 Å². The molecule has 2 heterocycles. The third-order valence-electron chi connectivity index (χ3n) is 3.72. The molecule has 92 valence electrons. The first-order valence-electron chi connectivity index (χ1n) is 5.91. The number of anilines is 1. The van der Waals surface area contributed by atoms with Crippen molar-refractivity contribution in [3.63, 3.8) is 0 Å². The summed E-state index contributed by atoms with van der Waals surface area (Å²) in [5.74, 6) is -1.91. The molecule has 3 rings (SSSR count). The average Bonchev–Trinajstić information content (AvgIpc) is 2.75. The standard InChI is InChI=1S/C12H15F2N3/c13-12(14)8-11(12,15)9-3-4-10(16-7-9)17-5-1-2-6-17/h3-4,7H,1-2,5-6,8,15H2. The number of aromatic nitrogens is 1. The van der Waals surface area contributed by atoms with Crippen molar-refractivity contribution in [1.82, 2.24) is 4.98 Å². The Hall–Kier alpha value is -1.23. The Morgan fingerprint density at radius 1 is 1.24 bits per heavy atom. The summed E-state index contributed by atoms with van der Waals surface area (Å²) in [6.45, 7) is 1.99. The first-order chi connectivity index (χ1) is 8.03. The maximum absolute atomic E-state index is 13.1. The summed E-state index contributed by atoms with van der Waals surface area (Å²) in [5, 5.41) is 0. The highest BCUT2D eigenvalue weighted by Gasteiger charge is 2.70.